The molecule has 2 aromatic heterocycles. The van der Waals surface area contributed by atoms with Gasteiger partial charge in [0, 0.05) is 30.8 Å². The van der Waals surface area contributed by atoms with E-state index < -0.39 is 0 Å². The molecule has 0 atom stereocenters. The Bertz CT molecular complexity index is 1040. The van der Waals surface area contributed by atoms with Gasteiger partial charge in [-0.1, -0.05) is 54.0 Å². The lowest BCUT2D eigenvalue weighted by Crippen LogP contribution is -2.31. The van der Waals surface area contributed by atoms with Crippen LogP contribution >= 0.6 is 11.3 Å². The Hall–Kier alpha value is -2.47. The van der Waals surface area contributed by atoms with Crippen LogP contribution < -0.4 is 0 Å². The van der Waals surface area contributed by atoms with Gasteiger partial charge < -0.3 is 4.90 Å². The van der Waals surface area contributed by atoms with E-state index >= 15 is 0 Å². The van der Waals surface area contributed by atoms with E-state index in [1.807, 2.05) is 16.5 Å². The van der Waals surface area contributed by atoms with Crippen LogP contribution in [0.3, 0.4) is 0 Å². The summed E-state index contributed by atoms with van der Waals surface area (Å²) in [4.78, 5) is 20.6. The van der Waals surface area contributed by atoms with Gasteiger partial charge in [0.1, 0.15) is 4.88 Å². The second kappa shape index (κ2) is 8.72. The van der Waals surface area contributed by atoms with Crippen LogP contribution in [-0.2, 0) is 6.42 Å². The molecular formula is C24H30N4OS. The maximum absolute atomic E-state index is 13.1. The number of likely N-dealkylation sites (tertiary alicyclic amines) is 1. The highest BCUT2D eigenvalue weighted by molar-refractivity contribution is 7.16. The van der Waals surface area contributed by atoms with Crippen LogP contribution in [0.4, 0.5) is 0 Å². The van der Waals surface area contributed by atoms with Crippen LogP contribution in [0.2, 0.25) is 0 Å². The van der Waals surface area contributed by atoms with Gasteiger partial charge in [0.25, 0.3) is 5.91 Å². The fraction of sp³-hybridized carbons (Fsp3) is 0.458. The molecule has 1 aliphatic heterocycles. The number of benzene rings is 1. The summed E-state index contributed by atoms with van der Waals surface area (Å²) in [6, 6.07) is 8.65. The van der Waals surface area contributed by atoms with Crippen LogP contribution in [0.1, 0.15) is 69.1 Å². The van der Waals surface area contributed by atoms with E-state index in [1.54, 1.807) is 0 Å². The Morgan fingerprint density at radius 1 is 0.967 bits per heavy atom. The Morgan fingerprint density at radius 3 is 2.30 bits per heavy atom. The number of rotatable bonds is 4. The summed E-state index contributed by atoms with van der Waals surface area (Å²) in [7, 11) is 0. The second-order valence-electron chi connectivity index (χ2n) is 8.34. The maximum Gasteiger partial charge on any atom is 0.265 e. The molecule has 6 heteroatoms. The van der Waals surface area contributed by atoms with Crippen molar-refractivity contribution in [2.45, 2.75) is 59.8 Å². The molecule has 0 radical (unpaired) electrons. The average Bonchev–Trinajstić information content (AvgIpc) is 3.09. The normalized spacial score (nSPS) is 14.7. The van der Waals surface area contributed by atoms with Crippen molar-refractivity contribution in [1.29, 1.82) is 0 Å². The van der Waals surface area contributed by atoms with Crippen LogP contribution in [0.25, 0.3) is 5.13 Å². The highest BCUT2D eigenvalue weighted by Crippen LogP contribution is 2.27. The summed E-state index contributed by atoms with van der Waals surface area (Å²) in [6.07, 6.45) is 5.47. The van der Waals surface area contributed by atoms with Crippen molar-refractivity contribution in [1.82, 2.24) is 19.7 Å². The van der Waals surface area contributed by atoms with Gasteiger partial charge in [-0.05, 0) is 46.1 Å². The predicted octanol–water partition coefficient (Wildman–Crippen LogP) is 5.17. The summed E-state index contributed by atoms with van der Waals surface area (Å²) < 4.78 is 1.91. The van der Waals surface area contributed by atoms with Crippen molar-refractivity contribution in [3.63, 3.8) is 0 Å². The Balaban J connectivity index is 1.61. The zero-order chi connectivity index (χ0) is 21.3. The van der Waals surface area contributed by atoms with E-state index in [0.717, 1.165) is 59.4 Å². The van der Waals surface area contributed by atoms with Crippen molar-refractivity contribution in [2.75, 3.05) is 13.1 Å². The molecule has 1 fully saturated rings. The lowest BCUT2D eigenvalue weighted by atomic mass is 10.0. The van der Waals surface area contributed by atoms with Gasteiger partial charge in [-0.25, -0.2) is 9.67 Å². The fourth-order valence-electron chi connectivity index (χ4n) is 4.12. The molecule has 0 N–H and O–H groups in total. The highest BCUT2D eigenvalue weighted by atomic mass is 32.1. The van der Waals surface area contributed by atoms with Crippen molar-refractivity contribution in [3.8, 4) is 5.13 Å². The van der Waals surface area contributed by atoms with Crippen molar-refractivity contribution in [3.05, 3.63) is 62.9 Å². The molecule has 0 saturated carbocycles. The van der Waals surface area contributed by atoms with E-state index in [-0.39, 0.29) is 5.91 Å². The highest BCUT2D eigenvalue weighted by Gasteiger charge is 2.24. The first-order chi connectivity index (χ1) is 14.4. The minimum atomic E-state index is 0.125. The number of thiazole rings is 1. The zero-order valence-electron chi connectivity index (χ0n) is 18.4. The lowest BCUT2D eigenvalue weighted by molar-refractivity contribution is 0.0765. The topological polar surface area (TPSA) is 51.0 Å². The molecule has 0 bridgehead atoms. The first-order valence-electron chi connectivity index (χ1n) is 10.8. The third-order valence-corrected chi connectivity index (χ3v) is 7.12. The van der Waals surface area contributed by atoms with Gasteiger partial charge in [-0.15, -0.1) is 0 Å². The Labute approximate surface area is 182 Å². The quantitative estimate of drug-likeness (QED) is 0.583. The molecule has 0 unspecified atom stereocenters. The molecule has 4 rings (SSSR count). The van der Waals surface area contributed by atoms with Gasteiger partial charge >= 0.3 is 0 Å². The first kappa shape index (κ1) is 20.8. The molecule has 30 heavy (non-hydrogen) atoms. The standard InChI is InChI=1S/C24H30N4OS/c1-16-9-11-20(12-10-16)15-21-17(2)26-28(19(21)4)24-25-18(3)22(30-24)23(29)27-13-7-5-6-8-14-27/h9-12H,5-8,13-15H2,1-4H3. The number of aryl methyl sites for hydroxylation is 3. The first-order valence-corrected chi connectivity index (χ1v) is 11.6. The minimum Gasteiger partial charge on any atom is -0.338 e. The predicted molar refractivity (Wildman–Crippen MR) is 122 cm³/mol. The molecule has 3 aromatic rings. The molecule has 158 valence electrons. The maximum atomic E-state index is 13.1. The fourth-order valence-corrected chi connectivity index (χ4v) is 5.15. The summed E-state index contributed by atoms with van der Waals surface area (Å²) in [5, 5.41) is 5.55. The molecule has 0 aliphatic carbocycles. The third kappa shape index (κ3) is 4.19. The largest absolute Gasteiger partial charge is 0.338 e. The van der Waals surface area contributed by atoms with E-state index in [0.29, 0.717) is 0 Å². The van der Waals surface area contributed by atoms with Gasteiger partial charge in [-0.3, -0.25) is 4.79 Å². The SMILES string of the molecule is Cc1ccc(Cc2c(C)nn(-c3nc(C)c(C(=O)N4CCCCCC4)s3)c2C)cc1. The minimum absolute atomic E-state index is 0.125. The van der Waals surface area contributed by atoms with Crippen molar-refractivity contribution >= 4 is 17.2 Å². The number of hydrogen-bond acceptors (Lipinski definition) is 4. The number of nitrogens with zero attached hydrogens (tertiary/aromatic N) is 4. The molecule has 1 saturated heterocycles. The summed E-state index contributed by atoms with van der Waals surface area (Å²) in [5.74, 6) is 0.125. The van der Waals surface area contributed by atoms with Gasteiger partial charge in [0.2, 0.25) is 5.13 Å². The molecule has 5 nitrogen and oxygen atoms in total. The molecule has 1 aromatic carbocycles. The number of carbonyl (C=O) groups excluding carboxylic acids is 1. The zero-order valence-corrected chi connectivity index (χ0v) is 19.2. The second-order valence-corrected chi connectivity index (χ2v) is 9.32. The van der Waals surface area contributed by atoms with Crippen LogP contribution in [-0.4, -0.2) is 38.7 Å². The van der Waals surface area contributed by atoms with Crippen LogP contribution in [0.5, 0.6) is 0 Å². The molecular weight excluding hydrogens is 392 g/mol. The number of aromatic nitrogens is 3. The monoisotopic (exact) mass is 422 g/mol. The van der Waals surface area contributed by atoms with E-state index in [2.05, 4.69) is 45.0 Å². The van der Waals surface area contributed by atoms with Crippen LogP contribution in [0.15, 0.2) is 24.3 Å². The van der Waals surface area contributed by atoms with Gasteiger partial charge in [0.05, 0.1) is 11.4 Å². The van der Waals surface area contributed by atoms with E-state index in [1.165, 1.54) is 40.9 Å². The Kier molecular flexibility index (Phi) is 6.04. The van der Waals surface area contributed by atoms with Crippen LogP contribution in [0, 0.1) is 27.7 Å². The average molecular weight is 423 g/mol. The number of hydrogen-bond donors (Lipinski definition) is 0. The van der Waals surface area contributed by atoms with Crippen molar-refractivity contribution in [2.24, 2.45) is 0 Å². The summed E-state index contributed by atoms with van der Waals surface area (Å²) in [6.45, 7) is 9.89. The molecule has 1 amide bonds. The van der Waals surface area contributed by atoms with Crippen molar-refractivity contribution < 1.29 is 4.79 Å². The smallest absolute Gasteiger partial charge is 0.265 e. The lowest BCUT2D eigenvalue weighted by Gasteiger charge is -2.19. The molecule has 0 spiro atoms. The number of amides is 1. The van der Waals surface area contributed by atoms with E-state index in [4.69, 9.17) is 10.1 Å². The third-order valence-electron chi connectivity index (χ3n) is 6.00. The van der Waals surface area contributed by atoms with Gasteiger partial charge in [-0.2, -0.15) is 5.10 Å². The number of carbonyl (C=O) groups is 1. The Morgan fingerprint density at radius 2 is 1.63 bits per heavy atom. The molecule has 3 heterocycles. The van der Waals surface area contributed by atoms with Gasteiger partial charge in [0.15, 0.2) is 0 Å². The summed E-state index contributed by atoms with van der Waals surface area (Å²) in [5.41, 5.74) is 6.68. The molecule has 1 aliphatic rings. The summed E-state index contributed by atoms with van der Waals surface area (Å²) >= 11 is 1.46. The van der Waals surface area contributed by atoms with E-state index in [9.17, 15) is 4.79 Å².